The summed E-state index contributed by atoms with van der Waals surface area (Å²) >= 11 is 6.43. The highest BCUT2D eigenvalue weighted by molar-refractivity contribution is 14.1. The number of nitrogens with one attached hydrogen (secondary N) is 1. The van der Waals surface area contributed by atoms with Gasteiger partial charge in [-0.2, -0.15) is 0 Å². The van der Waals surface area contributed by atoms with Gasteiger partial charge in [-0.05, 0) is 117 Å². The van der Waals surface area contributed by atoms with Crippen molar-refractivity contribution in [3.05, 3.63) is 46.6 Å². The predicted molar refractivity (Wildman–Crippen MR) is 122 cm³/mol. The van der Waals surface area contributed by atoms with E-state index in [2.05, 4.69) is 50.5 Å². The van der Waals surface area contributed by atoms with Crippen molar-refractivity contribution in [1.82, 2.24) is 5.32 Å². The monoisotopic (exact) mass is 679 g/mol. The number of aliphatic carboxylic acids is 1. The first kappa shape index (κ1) is 21.0. The molecule has 2 rings (SSSR count). The maximum Gasteiger partial charge on any atom is 0.321 e. The van der Waals surface area contributed by atoms with Gasteiger partial charge in [-0.1, -0.05) is 6.92 Å². The number of likely N-dealkylation sites (N-methyl/N-ethyl adjacent to an activating group) is 1. The molecule has 0 heterocycles. The SMILES string of the molecule is CCNC(Cc1cc(I)c(Oc2ccc(O)c(I)c2)c(I)c1)C(=O)O. The van der Waals surface area contributed by atoms with Crippen LogP contribution in [0.4, 0.5) is 0 Å². The molecule has 0 saturated heterocycles. The van der Waals surface area contributed by atoms with Crippen LogP contribution in [0.3, 0.4) is 0 Å². The summed E-state index contributed by atoms with van der Waals surface area (Å²) in [6.07, 6.45) is 0.409. The van der Waals surface area contributed by atoms with E-state index in [-0.39, 0.29) is 5.75 Å². The van der Waals surface area contributed by atoms with Crippen molar-refractivity contribution in [2.45, 2.75) is 19.4 Å². The second kappa shape index (κ2) is 9.55. The maximum absolute atomic E-state index is 11.3. The molecule has 0 aliphatic carbocycles. The Bertz CT molecular complexity index is 759. The Morgan fingerprint density at radius 3 is 2.32 bits per heavy atom. The molecule has 0 bridgehead atoms. The van der Waals surface area contributed by atoms with Gasteiger partial charge in [-0.15, -0.1) is 0 Å². The minimum atomic E-state index is -0.856. The first-order valence-electron chi connectivity index (χ1n) is 7.42. The first-order chi connectivity index (χ1) is 11.8. The molecule has 1 atom stereocenters. The van der Waals surface area contributed by atoms with Crippen LogP contribution in [-0.4, -0.2) is 28.8 Å². The Hall–Kier alpha value is -0.340. The standard InChI is InChI=1S/C17H16I3NO4/c1-2-21-14(17(23)24)7-9-5-12(19)16(13(20)6-9)25-10-3-4-15(22)11(18)8-10/h3-6,8,14,21-22H,2,7H2,1H3,(H,23,24). The Kier molecular flexibility index (Phi) is 8.01. The lowest BCUT2D eigenvalue weighted by atomic mass is 10.1. The summed E-state index contributed by atoms with van der Waals surface area (Å²) in [4.78, 5) is 11.3. The molecule has 3 N–H and O–H groups in total. The van der Waals surface area contributed by atoms with Gasteiger partial charge in [-0.3, -0.25) is 4.79 Å². The number of benzene rings is 2. The van der Waals surface area contributed by atoms with E-state index < -0.39 is 12.0 Å². The largest absolute Gasteiger partial charge is 0.507 e. The number of carbonyl (C=O) groups is 1. The van der Waals surface area contributed by atoms with Crippen LogP contribution in [0.25, 0.3) is 0 Å². The van der Waals surface area contributed by atoms with Crippen LogP contribution in [0, 0.1) is 10.7 Å². The third-order valence-corrected chi connectivity index (χ3v) is 5.85. The van der Waals surface area contributed by atoms with Gasteiger partial charge >= 0.3 is 5.97 Å². The van der Waals surface area contributed by atoms with Crippen LogP contribution in [0.2, 0.25) is 0 Å². The molecule has 0 aromatic heterocycles. The smallest absolute Gasteiger partial charge is 0.321 e. The molecule has 0 saturated carbocycles. The summed E-state index contributed by atoms with van der Waals surface area (Å²) in [6.45, 7) is 2.49. The molecule has 2 aromatic carbocycles. The number of aromatic hydroxyl groups is 1. The maximum atomic E-state index is 11.3. The molecule has 0 spiro atoms. The highest BCUT2D eigenvalue weighted by atomic mass is 127. The number of carboxylic acids is 1. The highest BCUT2D eigenvalue weighted by Gasteiger charge is 2.18. The molecular weight excluding hydrogens is 663 g/mol. The van der Waals surface area contributed by atoms with Crippen molar-refractivity contribution in [3.63, 3.8) is 0 Å². The Morgan fingerprint density at radius 1 is 1.16 bits per heavy atom. The van der Waals surface area contributed by atoms with Crippen LogP contribution >= 0.6 is 67.8 Å². The molecule has 8 heteroatoms. The lowest BCUT2D eigenvalue weighted by Crippen LogP contribution is -2.38. The van der Waals surface area contributed by atoms with Crippen LogP contribution in [-0.2, 0) is 11.2 Å². The van der Waals surface area contributed by atoms with Crippen molar-refractivity contribution >= 4 is 73.7 Å². The van der Waals surface area contributed by atoms with Gasteiger partial charge in [0.25, 0.3) is 0 Å². The third-order valence-electron chi connectivity index (χ3n) is 3.39. The van der Waals surface area contributed by atoms with Crippen LogP contribution < -0.4 is 10.1 Å². The molecular formula is C17H16I3NO4. The minimum Gasteiger partial charge on any atom is -0.507 e. The highest BCUT2D eigenvalue weighted by Crippen LogP contribution is 2.35. The molecule has 1 unspecified atom stereocenters. The van der Waals surface area contributed by atoms with Crippen LogP contribution in [0.15, 0.2) is 30.3 Å². The molecule has 0 radical (unpaired) electrons. The number of carboxylic acid groups (broad SMARTS) is 1. The number of phenols is 1. The van der Waals surface area contributed by atoms with Gasteiger partial charge in [0, 0.05) is 0 Å². The third kappa shape index (κ3) is 5.82. The van der Waals surface area contributed by atoms with Gasteiger partial charge in [0.15, 0.2) is 5.75 Å². The second-order valence-electron chi connectivity index (χ2n) is 5.26. The van der Waals surface area contributed by atoms with Gasteiger partial charge in [0.2, 0.25) is 0 Å². The minimum absolute atomic E-state index is 0.218. The van der Waals surface area contributed by atoms with E-state index in [1.54, 1.807) is 18.2 Å². The first-order valence-corrected chi connectivity index (χ1v) is 10.7. The number of halogens is 3. The van der Waals surface area contributed by atoms with E-state index in [0.29, 0.717) is 22.3 Å². The zero-order chi connectivity index (χ0) is 18.6. The van der Waals surface area contributed by atoms with E-state index in [1.807, 2.05) is 41.6 Å². The molecule has 5 nitrogen and oxygen atoms in total. The van der Waals surface area contributed by atoms with Crippen LogP contribution in [0.5, 0.6) is 17.2 Å². The van der Waals surface area contributed by atoms with Crippen molar-refractivity contribution < 1.29 is 19.7 Å². The summed E-state index contributed by atoms with van der Waals surface area (Å²) in [5.41, 5.74) is 0.940. The Labute approximate surface area is 187 Å². The Morgan fingerprint density at radius 2 is 1.80 bits per heavy atom. The summed E-state index contributed by atoms with van der Waals surface area (Å²) in [6, 6.07) is 8.35. The molecule has 0 amide bonds. The van der Waals surface area contributed by atoms with E-state index in [9.17, 15) is 15.0 Å². The number of ether oxygens (including phenoxy) is 1. The fraction of sp³-hybridized carbons (Fsp3) is 0.235. The van der Waals surface area contributed by atoms with Gasteiger partial charge in [0.05, 0.1) is 10.7 Å². The van der Waals surface area contributed by atoms with Gasteiger partial charge in [-0.25, -0.2) is 0 Å². The molecule has 0 fully saturated rings. The topological polar surface area (TPSA) is 78.8 Å². The molecule has 2 aromatic rings. The summed E-state index contributed by atoms with van der Waals surface area (Å²) in [5, 5.41) is 21.9. The lowest BCUT2D eigenvalue weighted by Gasteiger charge is -2.16. The van der Waals surface area contributed by atoms with Crippen molar-refractivity contribution in [2.24, 2.45) is 0 Å². The average Bonchev–Trinajstić information content (AvgIpc) is 2.53. The molecule has 0 aliphatic rings. The zero-order valence-electron chi connectivity index (χ0n) is 13.2. The molecule has 25 heavy (non-hydrogen) atoms. The van der Waals surface area contributed by atoms with Gasteiger partial charge < -0.3 is 20.3 Å². The normalized spacial score (nSPS) is 12.0. The fourth-order valence-electron chi connectivity index (χ4n) is 2.23. The predicted octanol–water partition coefficient (Wildman–Crippen LogP) is 4.60. The number of hydrogen-bond acceptors (Lipinski definition) is 4. The van der Waals surface area contributed by atoms with Crippen molar-refractivity contribution in [2.75, 3.05) is 6.54 Å². The van der Waals surface area contributed by atoms with E-state index >= 15 is 0 Å². The Balaban J connectivity index is 2.24. The van der Waals surface area contributed by atoms with Gasteiger partial charge in [0.1, 0.15) is 17.5 Å². The van der Waals surface area contributed by atoms with E-state index in [1.165, 1.54) is 0 Å². The number of rotatable bonds is 7. The van der Waals surface area contributed by atoms with Crippen LogP contribution in [0.1, 0.15) is 12.5 Å². The fourth-order valence-corrected chi connectivity index (χ4v) is 4.83. The van der Waals surface area contributed by atoms with Crippen molar-refractivity contribution in [1.29, 1.82) is 0 Å². The second-order valence-corrected chi connectivity index (χ2v) is 8.74. The average molecular weight is 679 g/mol. The number of phenolic OH excluding ortho intramolecular Hbond substituents is 1. The lowest BCUT2D eigenvalue weighted by molar-refractivity contribution is -0.139. The van der Waals surface area contributed by atoms with E-state index in [0.717, 1.165) is 18.5 Å². The summed E-state index contributed by atoms with van der Waals surface area (Å²) in [7, 11) is 0. The van der Waals surface area contributed by atoms with E-state index in [4.69, 9.17) is 4.74 Å². The summed E-state index contributed by atoms with van der Waals surface area (Å²) in [5.74, 6) is 0.727. The zero-order valence-corrected chi connectivity index (χ0v) is 19.7. The van der Waals surface area contributed by atoms with Crippen molar-refractivity contribution in [3.8, 4) is 17.2 Å². The molecule has 0 aliphatic heterocycles. The quantitative estimate of drug-likeness (QED) is 0.374. The number of hydrogen-bond donors (Lipinski definition) is 3. The summed E-state index contributed by atoms with van der Waals surface area (Å²) < 4.78 is 8.49. The molecule has 134 valence electrons.